The fourth-order valence-electron chi connectivity index (χ4n) is 1.96. The Kier molecular flexibility index (Phi) is 6.67. The molecular formula is C15H25N3O3S. The van der Waals surface area contributed by atoms with Crippen LogP contribution in [0, 0.1) is 0 Å². The van der Waals surface area contributed by atoms with E-state index in [1.165, 1.54) is 4.31 Å². The van der Waals surface area contributed by atoms with Crippen molar-refractivity contribution in [3.63, 3.8) is 0 Å². The fraction of sp³-hybridized carbons (Fsp3) is 0.533. The minimum atomic E-state index is -3.43. The molecule has 124 valence electrons. The lowest BCUT2D eigenvalue weighted by Gasteiger charge is -2.23. The summed E-state index contributed by atoms with van der Waals surface area (Å²) in [6.45, 7) is 2.71. The van der Waals surface area contributed by atoms with Crippen molar-refractivity contribution in [3.05, 3.63) is 24.3 Å². The highest BCUT2D eigenvalue weighted by atomic mass is 32.2. The molecule has 7 heteroatoms. The first-order valence-electron chi connectivity index (χ1n) is 7.27. The number of sulfonamides is 1. The third-order valence-corrected chi connectivity index (χ3v) is 4.36. The van der Waals surface area contributed by atoms with E-state index in [1.807, 2.05) is 38.1 Å². The molecule has 1 rings (SSSR count). The van der Waals surface area contributed by atoms with Crippen molar-refractivity contribution >= 4 is 27.3 Å². The molecule has 0 unspecified atom stereocenters. The number of benzene rings is 1. The molecule has 0 atom stereocenters. The second-order valence-electron chi connectivity index (χ2n) is 5.35. The van der Waals surface area contributed by atoms with E-state index in [0.717, 1.165) is 18.4 Å². The van der Waals surface area contributed by atoms with Crippen molar-refractivity contribution in [3.8, 4) is 0 Å². The van der Waals surface area contributed by atoms with E-state index >= 15 is 0 Å². The first-order valence-corrected chi connectivity index (χ1v) is 9.12. The second kappa shape index (κ2) is 8.03. The van der Waals surface area contributed by atoms with E-state index < -0.39 is 10.0 Å². The number of anilines is 2. The number of carbonyl (C=O) groups is 1. The molecule has 22 heavy (non-hydrogen) atoms. The van der Waals surface area contributed by atoms with Gasteiger partial charge in [-0.15, -0.1) is 0 Å². The molecule has 0 radical (unpaired) electrons. The highest BCUT2D eigenvalue weighted by Gasteiger charge is 2.18. The van der Waals surface area contributed by atoms with E-state index in [4.69, 9.17) is 0 Å². The van der Waals surface area contributed by atoms with E-state index in [0.29, 0.717) is 12.2 Å². The van der Waals surface area contributed by atoms with Crippen LogP contribution in [0.2, 0.25) is 0 Å². The molecule has 0 saturated heterocycles. The molecule has 0 spiro atoms. The number of rotatable bonds is 8. The predicted octanol–water partition coefficient (Wildman–Crippen LogP) is 1.43. The quantitative estimate of drug-likeness (QED) is 0.784. The molecular weight excluding hydrogens is 302 g/mol. The maximum Gasteiger partial charge on any atom is 0.232 e. The van der Waals surface area contributed by atoms with Crippen molar-refractivity contribution in [2.45, 2.75) is 19.8 Å². The van der Waals surface area contributed by atoms with Gasteiger partial charge in [-0.3, -0.25) is 9.10 Å². The van der Waals surface area contributed by atoms with Crippen LogP contribution < -0.4 is 14.5 Å². The van der Waals surface area contributed by atoms with E-state index in [9.17, 15) is 13.2 Å². The Morgan fingerprint density at radius 2 is 1.68 bits per heavy atom. The number of nitrogens with zero attached hydrogens (tertiary/aromatic N) is 2. The first kappa shape index (κ1) is 18.3. The maximum atomic E-state index is 12.0. The Morgan fingerprint density at radius 3 is 2.14 bits per heavy atom. The standard InChI is InChI=1S/C15H25N3O3S/c1-5-11-16-15(19)10-12-18(22(4,20)21)14-8-6-13(7-9-14)17(2)3/h6-9H,5,10-12H2,1-4H3,(H,16,19). The van der Waals surface area contributed by atoms with Crippen molar-refractivity contribution in [2.24, 2.45) is 0 Å². The van der Waals surface area contributed by atoms with Crippen molar-refractivity contribution < 1.29 is 13.2 Å². The summed E-state index contributed by atoms with van der Waals surface area (Å²) in [4.78, 5) is 13.6. The normalized spacial score (nSPS) is 11.1. The van der Waals surface area contributed by atoms with Crippen LogP contribution in [0.5, 0.6) is 0 Å². The molecule has 0 fully saturated rings. The summed E-state index contributed by atoms with van der Waals surface area (Å²) in [5, 5.41) is 2.75. The summed E-state index contributed by atoms with van der Waals surface area (Å²) in [5.74, 6) is -0.139. The summed E-state index contributed by atoms with van der Waals surface area (Å²) in [6.07, 6.45) is 2.15. The molecule has 0 saturated carbocycles. The van der Waals surface area contributed by atoms with Gasteiger partial charge in [0.15, 0.2) is 0 Å². The maximum absolute atomic E-state index is 12.0. The molecule has 0 bridgehead atoms. The Balaban J connectivity index is 2.83. The molecule has 1 amide bonds. The molecule has 1 N–H and O–H groups in total. The van der Waals surface area contributed by atoms with Crippen molar-refractivity contribution in [1.82, 2.24) is 5.32 Å². The smallest absolute Gasteiger partial charge is 0.232 e. The van der Waals surface area contributed by atoms with Gasteiger partial charge in [0.2, 0.25) is 15.9 Å². The van der Waals surface area contributed by atoms with Crippen molar-refractivity contribution in [2.75, 3.05) is 42.6 Å². The fourth-order valence-corrected chi connectivity index (χ4v) is 2.89. The molecule has 1 aromatic rings. The lowest BCUT2D eigenvalue weighted by Crippen LogP contribution is -2.34. The Hall–Kier alpha value is -1.76. The highest BCUT2D eigenvalue weighted by Crippen LogP contribution is 2.21. The summed E-state index contributed by atoms with van der Waals surface area (Å²) in [6, 6.07) is 7.20. The number of hydrogen-bond acceptors (Lipinski definition) is 4. The zero-order valence-electron chi connectivity index (χ0n) is 13.7. The van der Waals surface area contributed by atoms with Gasteiger partial charge in [-0.05, 0) is 30.7 Å². The summed E-state index contributed by atoms with van der Waals surface area (Å²) < 4.78 is 25.2. The van der Waals surface area contributed by atoms with E-state index in [2.05, 4.69) is 5.32 Å². The van der Waals surface area contributed by atoms with E-state index in [1.54, 1.807) is 12.1 Å². The lowest BCUT2D eigenvalue weighted by atomic mass is 10.2. The third-order valence-electron chi connectivity index (χ3n) is 3.17. The Morgan fingerprint density at radius 1 is 1.14 bits per heavy atom. The largest absolute Gasteiger partial charge is 0.378 e. The third kappa shape index (κ3) is 5.55. The minimum Gasteiger partial charge on any atom is -0.378 e. The van der Waals surface area contributed by atoms with Crippen LogP contribution in [0.1, 0.15) is 19.8 Å². The summed E-state index contributed by atoms with van der Waals surface area (Å²) in [7, 11) is 0.409. The second-order valence-corrected chi connectivity index (χ2v) is 7.25. The van der Waals surface area contributed by atoms with Crippen LogP contribution in [0.25, 0.3) is 0 Å². The molecule has 0 aliphatic rings. The highest BCUT2D eigenvalue weighted by molar-refractivity contribution is 7.92. The van der Waals surface area contributed by atoms with Gasteiger partial charge in [0.1, 0.15) is 0 Å². The van der Waals surface area contributed by atoms with Gasteiger partial charge in [-0.2, -0.15) is 0 Å². The van der Waals surface area contributed by atoms with Gasteiger partial charge in [-0.25, -0.2) is 8.42 Å². The Labute approximate surface area is 133 Å². The number of hydrogen-bond donors (Lipinski definition) is 1. The molecule has 1 aromatic carbocycles. The molecule has 6 nitrogen and oxygen atoms in total. The molecule has 0 aromatic heterocycles. The molecule has 0 aliphatic carbocycles. The van der Waals surface area contributed by atoms with Gasteiger partial charge in [0, 0.05) is 39.3 Å². The monoisotopic (exact) mass is 327 g/mol. The van der Waals surface area contributed by atoms with Gasteiger partial charge >= 0.3 is 0 Å². The predicted molar refractivity (Wildman–Crippen MR) is 90.9 cm³/mol. The van der Waals surface area contributed by atoms with Gasteiger partial charge in [-0.1, -0.05) is 6.92 Å². The molecule has 0 heterocycles. The topological polar surface area (TPSA) is 69.7 Å². The van der Waals surface area contributed by atoms with Gasteiger partial charge in [0.05, 0.1) is 11.9 Å². The van der Waals surface area contributed by atoms with Crippen LogP contribution in [0.3, 0.4) is 0 Å². The van der Waals surface area contributed by atoms with Gasteiger partial charge in [0.25, 0.3) is 0 Å². The van der Waals surface area contributed by atoms with E-state index in [-0.39, 0.29) is 18.9 Å². The van der Waals surface area contributed by atoms with Crippen LogP contribution in [0.15, 0.2) is 24.3 Å². The zero-order chi connectivity index (χ0) is 16.8. The molecule has 0 aliphatic heterocycles. The van der Waals surface area contributed by atoms with Crippen LogP contribution >= 0.6 is 0 Å². The average Bonchev–Trinajstić information content (AvgIpc) is 2.44. The van der Waals surface area contributed by atoms with Crippen LogP contribution in [-0.2, 0) is 14.8 Å². The number of amides is 1. The average molecular weight is 327 g/mol. The summed E-state index contributed by atoms with van der Waals surface area (Å²) in [5.41, 5.74) is 1.55. The number of carbonyl (C=O) groups excluding carboxylic acids is 1. The van der Waals surface area contributed by atoms with Crippen LogP contribution in [0.4, 0.5) is 11.4 Å². The SMILES string of the molecule is CCCNC(=O)CCN(c1ccc(N(C)C)cc1)S(C)(=O)=O. The zero-order valence-corrected chi connectivity index (χ0v) is 14.5. The van der Waals surface area contributed by atoms with Crippen LogP contribution in [-0.4, -0.2) is 47.8 Å². The van der Waals surface area contributed by atoms with Gasteiger partial charge < -0.3 is 10.2 Å². The minimum absolute atomic E-state index is 0.135. The lowest BCUT2D eigenvalue weighted by molar-refractivity contribution is -0.120. The van der Waals surface area contributed by atoms with Crippen molar-refractivity contribution in [1.29, 1.82) is 0 Å². The first-order chi connectivity index (χ1) is 10.3. The summed E-state index contributed by atoms with van der Waals surface area (Å²) >= 11 is 0. The Bertz CT molecular complexity index is 583. The number of nitrogens with one attached hydrogen (secondary N) is 1.